The van der Waals surface area contributed by atoms with Gasteiger partial charge in [0.05, 0.1) is 17.8 Å². The van der Waals surface area contributed by atoms with Crippen molar-refractivity contribution in [3.8, 4) is 0 Å². The molecule has 0 aromatic carbocycles. The lowest BCUT2D eigenvalue weighted by Crippen LogP contribution is -2.25. The molecule has 0 atom stereocenters. The molecule has 0 radical (unpaired) electrons. The molecule has 2 aromatic heterocycles. The summed E-state index contributed by atoms with van der Waals surface area (Å²) in [6, 6.07) is 1.70. The summed E-state index contributed by atoms with van der Waals surface area (Å²) in [5, 5.41) is 0.325. The van der Waals surface area contributed by atoms with E-state index in [4.69, 9.17) is 11.6 Å². The Morgan fingerprint density at radius 3 is 2.88 bits per heavy atom. The van der Waals surface area contributed by atoms with Gasteiger partial charge in [0.15, 0.2) is 5.78 Å². The molecule has 0 aliphatic rings. The van der Waals surface area contributed by atoms with E-state index in [0.717, 1.165) is 0 Å². The SMILES string of the molecule is Cn1ccc(C(=O)Cn2cc(Cl)cnc2=O)c1. The van der Waals surface area contributed by atoms with E-state index in [2.05, 4.69) is 4.98 Å². The van der Waals surface area contributed by atoms with Gasteiger partial charge in [0.1, 0.15) is 0 Å². The van der Waals surface area contributed by atoms with Crippen LogP contribution in [0.3, 0.4) is 0 Å². The van der Waals surface area contributed by atoms with Gasteiger partial charge in [-0.1, -0.05) is 11.6 Å². The zero-order chi connectivity index (χ0) is 12.4. The molecule has 88 valence electrons. The number of hydrogen-bond donors (Lipinski definition) is 0. The third-order valence-corrected chi connectivity index (χ3v) is 2.49. The maximum Gasteiger partial charge on any atom is 0.348 e. The van der Waals surface area contributed by atoms with Crippen LogP contribution in [-0.4, -0.2) is 19.9 Å². The Labute approximate surface area is 102 Å². The maximum absolute atomic E-state index is 11.8. The Morgan fingerprint density at radius 1 is 1.47 bits per heavy atom. The summed E-state index contributed by atoms with van der Waals surface area (Å²) < 4.78 is 2.96. The average molecular weight is 252 g/mol. The van der Waals surface area contributed by atoms with E-state index >= 15 is 0 Å². The fraction of sp³-hybridized carbons (Fsp3) is 0.182. The summed E-state index contributed by atoms with van der Waals surface area (Å²) in [6.45, 7) is -0.0591. The molecule has 0 aliphatic heterocycles. The minimum Gasteiger partial charge on any atom is -0.357 e. The lowest BCUT2D eigenvalue weighted by Gasteiger charge is -2.02. The second-order valence-electron chi connectivity index (χ2n) is 3.67. The molecule has 2 rings (SSSR count). The van der Waals surface area contributed by atoms with Gasteiger partial charge in [-0.25, -0.2) is 9.78 Å². The maximum atomic E-state index is 11.8. The van der Waals surface area contributed by atoms with Gasteiger partial charge in [-0.3, -0.25) is 9.36 Å². The molecule has 0 amide bonds. The number of hydrogen-bond acceptors (Lipinski definition) is 3. The van der Waals surface area contributed by atoms with Crippen molar-refractivity contribution >= 4 is 17.4 Å². The van der Waals surface area contributed by atoms with Gasteiger partial charge in [0.25, 0.3) is 0 Å². The highest BCUT2D eigenvalue weighted by Crippen LogP contribution is 2.05. The molecular formula is C11H10ClN3O2. The minimum atomic E-state index is -0.487. The van der Waals surface area contributed by atoms with Crippen LogP contribution >= 0.6 is 11.6 Å². The van der Waals surface area contributed by atoms with Crippen molar-refractivity contribution in [1.82, 2.24) is 14.1 Å². The van der Waals surface area contributed by atoms with Crippen LogP contribution in [0, 0.1) is 0 Å². The first-order valence-corrected chi connectivity index (χ1v) is 5.31. The summed E-state index contributed by atoms with van der Waals surface area (Å²) in [4.78, 5) is 26.8. The van der Waals surface area contributed by atoms with Crippen LogP contribution in [-0.2, 0) is 13.6 Å². The summed E-state index contributed by atoms with van der Waals surface area (Å²) in [5.41, 5.74) is 0.0676. The van der Waals surface area contributed by atoms with Crippen LogP contribution in [0.15, 0.2) is 35.6 Å². The molecule has 0 N–H and O–H groups in total. The second kappa shape index (κ2) is 4.55. The van der Waals surface area contributed by atoms with Gasteiger partial charge in [0.2, 0.25) is 0 Å². The van der Waals surface area contributed by atoms with E-state index in [1.165, 1.54) is 17.0 Å². The van der Waals surface area contributed by atoms with Crippen molar-refractivity contribution in [2.24, 2.45) is 7.05 Å². The number of aryl methyl sites for hydroxylation is 1. The number of rotatable bonds is 3. The van der Waals surface area contributed by atoms with Crippen molar-refractivity contribution < 1.29 is 4.79 Å². The van der Waals surface area contributed by atoms with Crippen LogP contribution in [0.4, 0.5) is 0 Å². The van der Waals surface area contributed by atoms with Gasteiger partial charge >= 0.3 is 5.69 Å². The quantitative estimate of drug-likeness (QED) is 0.768. The molecule has 0 saturated heterocycles. The fourth-order valence-corrected chi connectivity index (χ4v) is 1.62. The first kappa shape index (κ1) is 11.6. The molecule has 0 aliphatic carbocycles. The van der Waals surface area contributed by atoms with Gasteiger partial charge < -0.3 is 4.57 Å². The van der Waals surface area contributed by atoms with E-state index in [0.29, 0.717) is 10.6 Å². The molecular weight excluding hydrogens is 242 g/mol. The zero-order valence-electron chi connectivity index (χ0n) is 9.13. The van der Waals surface area contributed by atoms with Gasteiger partial charge in [-0.2, -0.15) is 0 Å². The number of halogens is 1. The van der Waals surface area contributed by atoms with Crippen LogP contribution < -0.4 is 5.69 Å². The molecule has 2 heterocycles. The van der Waals surface area contributed by atoms with E-state index in [1.54, 1.807) is 23.0 Å². The number of carbonyl (C=O) groups excluding carboxylic acids is 1. The van der Waals surface area contributed by atoms with Crippen molar-refractivity contribution in [1.29, 1.82) is 0 Å². The molecule has 0 spiro atoms. The highest BCUT2D eigenvalue weighted by molar-refractivity contribution is 6.30. The molecule has 5 nitrogen and oxygen atoms in total. The van der Waals surface area contributed by atoms with Gasteiger partial charge in [-0.15, -0.1) is 0 Å². The highest BCUT2D eigenvalue weighted by atomic mass is 35.5. The third-order valence-electron chi connectivity index (χ3n) is 2.29. The molecule has 0 fully saturated rings. The summed E-state index contributed by atoms with van der Waals surface area (Å²) >= 11 is 5.71. The largest absolute Gasteiger partial charge is 0.357 e. The number of nitrogens with zero attached hydrogens (tertiary/aromatic N) is 3. The van der Waals surface area contributed by atoms with Crippen LogP contribution in [0.25, 0.3) is 0 Å². The molecule has 6 heteroatoms. The van der Waals surface area contributed by atoms with Crippen LogP contribution in [0.1, 0.15) is 10.4 Å². The van der Waals surface area contributed by atoms with E-state index < -0.39 is 5.69 Å². The Balaban J connectivity index is 2.24. The van der Waals surface area contributed by atoms with Crippen molar-refractivity contribution in [3.63, 3.8) is 0 Å². The summed E-state index contributed by atoms with van der Waals surface area (Å²) in [6.07, 6.45) is 6.13. The van der Waals surface area contributed by atoms with Crippen LogP contribution in [0.2, 0.25) is 5.02 Å². The normalized spacial score (nSPS) is 10.5. The Morgan fingerprint density at radius 2 is 2.24 bits per heavy atom. The smallest absolute Gasteiger partial charge is 0.348 e. The minimum absolute atomic E-state index is 0.0591. The van der Waals surface area contributed by atoms with Crippen molar-refractivity contribution in [3.05, 3.63) is 51.9 Å². The number of ketones is 1. The van der Waals surface area contributed by atoms with Gasteiger partial charge in [-0.05, 0) is 6.07 Å². The predicted octanol–water partition coefficient (Wildman–Crippen LogP) is 1.12. The third kappa shape index (κ3) is 2.62. The monoisotopic (exact) mass is 251 g/mol. The van der Waals surface area contributed by atoms with E-state index in [9.17, 15) is 9.59 Å². The summed E-state index contributed by atoms with van der Waals surface area (Å²) in [5.74, 6) is -0.156. The van der Waals surface area contributed by atoms with E-state index in [-0.39, 0.29) is 12.3 Å². The van der Waals surface area contributed by atoms with Crippen LogP contribution in [0.5, 0.6) is 0 Å². The first-order valence-electron chi connectivity index (χ1n) is 4.93. The van der Waals surface area contributed by atoms with Gasteiger partial charge in [0, 0.05) is 31.2 Å². The molecule has 0 bridgehead atoms. The molecule has 0 saturated carbocycles. The van der Waals surface area contributed by atoms with Crippen molar-refractivity contribution in [2.75, 3.05) is 0 Å². The predicted molar refractivity (Wildman–Crippen MR) is 63.3 cm³/mol. The zero-order valence-corrected chi connectivity index (χ0v) is 9.89. The fourth-order valence-electron chi connectivity index (χ4n) is 1.46. The topological polar surface area (TPSA) is 56.9 Å². The molecule has 17 heavy (non-hydrogen) atoms. The number of Topliss-reactive ketones (excluding diaryl/α,β-unsaturated/α-hetero) is 1. The molecule has 2 aromatic rings. The highest BCUT2D eigenvalue weighted by Gasteiger charge is 2.09. The van der Waals surface area contributed by atoms with E-state index in [1.807, 2.05) is 7.05 Å². The Bertz CT molecular complexity index is 615. The summed E-state index contributed by atoms with van der Waals surface area (Å²) in [7, 11) is 1.82. The molecule has 0 unspecified atom stereocenters. The standard InChI is InChI=1S/C11H10ClN3O2/c1-14-3-2-8(5-14)10(16)7-15-6-9(12)4-13-11(15)17/h2-6H,7H2,1H3. The first-order chi connectivity index (χ1) is 8.06. The Kier molecular flexibility index (Phi) is 3.10. The lowest BCUT2D eigenvalue weighted by molar-refractivity contribution is 0.0970. The van der Waals surface area contributed by atoms with Crippen molar-refractivity contribution in [2.45, 2.75) is 6.54 Å². The lowest BCUT2D eigenvalue weighted by atomic mass is 10.2. The number of aromatic nitrogens is 3. The second-order valence-corrected chi connectivity index (χ2v) is 4.11. The average Bonchev–Trinajstić information content (AvgIpc) is 2.70. The Hall–Kier alpha value is -1.88. The number of carbonyl (C=O) groups is 1.